The summed E-state index contributed by atoms with van der Waals surface area (Å²) >= 11 is 0. The van der Waals surface area contributed by atoms with Crippen LogP contribution in [-0.4, -0.2) is 340 Å². The summed E-state index contributed by atoms with van der Waals surface area (Å²) in [4.78, 5) is 67.5. The molecule has 6 heterocycles. The van der Waals surface area contributed by atoms with Gasteiger partial charge in [-0.2, -0.15) is 19.9 Å². The average molecular weight is 2150 g/mol. The number of carbonyl (C=O) groups is 2. The van der Waals surface area contributed by atoms with E-state index in [0.29, 0.717) is 227 Å². The molecule has 36 nitrogen and oxygen atoms in total. The number of hydrogen-bond acceptors (Lipinski definition) is 31. The number of rotatable bonds is 67. The Labute approximate surface area is 814 Å². The third-order valence-corrected chi connectivity index (χ3v) is 26.4. The van der Waals surface area contributed by atoms with Gasteiger partial charge in [-0.1, -0.05) is 87.5 Å². The molecule has 7 N–H and O–H groups in total. The van der Waals surface area contributed by atoms with Crippen LogP contribution in [0.15, 0.2) is 0 Å². The van der Waals surface area contributed by atoms with E-state index in [4.69, 9.17) is 110 Å². The van der Waals surface area contributed by atoms with E-state index in [0.717, 1.165) is 123 Å². The first-order chi connectivity index (χ1) is 61.9. The SMILES string of the molecule is CCC[C@H](C)Oc1nc(N)c2c(n1)N(CC1CCN(CCO)CC1)C(=O)C2.CCC[C@H](C)Oc1nc(N)c2c(n1)N(CC1CCN(CCOP(=O)(O)OCCOCCOCCOC[C@H](C)CC)CC1)C(=O)C2.CC[C@@H](C)COCCOCCOCCO.[C-]#[N+]CCOP(C)OCCOCCOCCOC[C@H](C)CC.[C-]#[N+]CCOP(N(C(C)C)C(C)C)N(C(C)C)C(C)C.[CH3-].[U]. The van der Waals surface area contributed by atoms with Crippen molar-refractivity contribution >= 4 is 59.7 Å². The molecule has 0 spiro atoms. The van der Waals surface area contributed by atoms with Crippen molar-refractivity contribution in [3.05, 3.63) is 41.4 Å². The molecule has 2 aromatic heterocycles. The van der Waals surface area contributed by atoms with Gasteiger partial charge >= 0.3 is 19.8 Å². The van der Waals surface area contributed by atoms with E-state index in [1.807, 2.05) is 20.5 Å². The van der Waals surface area contributed by atoms with E-state index >= 15 is 0 Å². The fourth-order valence-electron chi connectivity index (χ4n) is 13.7. The van der Waals surface area contributed by atoms with Gasteiger partial charge in [0.2, 0.25) is 24.9 Å². The minimum Gasteiger partial charge on any atom is -0.460 e. The third-order valence-electron chi connectivity index (χ3n) is 21.3. The van der Waals surface area contributed by atoms with Crippen LogP contribution < -0.4 is 30.7 Å². The van der Waals surface area contributed by atoms with Crippen molar-refractivity contribution < 1.29 is 135 Å². The number of nitrogen functional groups attached to an aromatic ring is 2. The largest absolute Gasteiger partial charge is 0.472 e. The molecular weight excluding hydrogens is 1970 g/mol. The van der Waals surface area contributed by atoms with Crippen LogP contribution in [0.2, 0.25) is 0 Å². The molecule has 131 heavy (non-hydrogen) atoms. The number of nitrogens with two attached hydrogens (primary N) is 2. The Morgan fingerprint density at radius 2 is 0.794 bits per heavy atom. The zero-order valence-corrected chi connectivity index (χ0v) is 90.6. The second kappa shape index (κ2) is 78.4. The Bertz CT molecular complexity index is 3290. The molecule has 0 aliphatic carbocycles. The van der Waals surface area contributed by atoms with Crippen molar-refractivity contribution in [1.29, 1.82) is 0 Å². The van der Waals surface area contributed by atoms with Gasteiger partial charge in [0.15, 0.2) is 16.8 Å². The molecular formula is C91H174N14O22P3U-. The molecule has 760 valence electrons. The Kier molecular flexibility index (Phi) is 76.3. The number of hydrogen-bond donors (Lipinski definition) is 5. The predicted molar refractivity (Wildman–Crippen MR) is 516 cm³/mol. The minimum atomic E-state index is -4.17. The number of β-amino-alcohol motifs (C(OH)–C–C–N with tert-alkyl or cyclic N) is 1. The Hall–Kier alpha value is -3.42. The second-order valence-electron chi connectivity index (χ2n) is 33.9. The Morgan fingerprint density at radius 3 is 1.14 bits per heavy atom. The number of ether oxygens (including phenoxy) is 11. The molecule has 0 saturated carbocycles. The van der Waals surface area contributed by atoms with Gasteiger partial charge in [0, 0.05) is 119 Å². The molecule has 0 aromatic carbocycles. The molecule has 4 aliphatic rings. The second-order valence-corrected chi connectivity index (χ2v) is 38.4. The number of anilines is 4. The van der Waals surface area contributed by atoms with E-state index in [-0.39, 0.29) is 126 Å². The van der Waals surface area contributed by atoms with Crippen molar-refractivity contribution in [2.75, 3.05) is 259 Å². The van der Waals surface area contributed by atoms with Crippen molar-refractivity contribution in [2.45, 2.75) is 244 Å². The molecule has 0 radical (unpaired) electrons. The van der Waals surface area contributed by atoms with E-state index in [1.165, 1.54) is 0 Å². The van der Waals surface area contributed by atoms with Gasteiger partial charge in [0.25, 0.3) is 0 Å². The zero-order chi connectivity index (χ0) is 95.7. The molecule has 2 unspecified atom stereocenters. The summed E-state index contributed by atoms with van der Waals surface area (Å²) in [5, 5.41) is 17.5. The molecule has 7 atom stereocenters. The number of amides is 2. The quantitative estimate of drug-likeness (QED) is 0.0233. The maximum Gasteiger partial charge on any atom is 0.472 e. The fraction of sp³-hybridized carbons (Fsp3) is 0.857. The van der Waals surface area contributed by atoms with Crippen LogP contribution in [0, 0.1) is 81.3 Å². The molecule has 2 saturated heterocycles. The van der Waals surface area contributed by atoms with Crippen molar-refractivity contribution in [3.8, 4) is 12.0 Å². The first kappa shape index (κ1) is 128. The van der Waals surface area contributed by atoms with Crippen LogP contribution in [0.4, 0.5) is 23.3 Å². The van der Waals surface area contributed by atoms with Gasteiger partial charge in [-0.25, -0.2) is 27.1 Å². The van der Waals surface area contributed by atoms with Crippen LogP contribution in [0.25, 0.3) is 9.69 Å². The van der Waals surface area contributed by atoms with E-state index in [2.05, 4.69) is 160 Å². The molecule has 2 fully saturated rings. The maximum absolute atomic E-state index is 12.9. The van der Waals surface area contributed by atoms with Gasteiger partial charge in [-0.3, -0.25) is 28.4 Å². The summed E-state index contributed by atoms with van der Waals surface area (Å²) in [6.07, 6.45) is 11.3. The van der Waals surface area contributed by atoms with E-state index in [9.17, 15) is 19.0 Å². The van der Waals surface area contributed by atoms with Crippen molar-refractivity contribution in [1.82, 2.24) is 39.1 Å². The van der Waals surface area contributed by atoms with Crippen LogP contribution in [0.5, 0.6) is 12.0 Å². The average Bonchev–Trinajstić information content (AvgIpc) is 1.60. The molecule has 4 aliphatic heterocycles. The molecule has 0 bridgehead atoms. The number of phosphoric ester groups is 1. The normalized spacial score (nSPS) is 16.1. The molecule has 2 aromatic rings. The van der Waals surface area contributed by atoms with Crippen LogP contribution in [-0.2, 0) is 92.2 Å². The number of aliphatic hydroxyl groups excluding tert-OH is 2. The summed E-state index contributed by atoms with van der Waals surface area (Å²) in [6, 6.07) is 2.16. The monoisotopic (exact) mass is 2150 g/mol. The topological polar surface area (TPSA) is 391 Å². The number of fused-ring (bicyclic) bond motifs is 2. The summed E-state index contributed by atoms with van der Waals surface area (Å²) in [6.45, 7) is 72.6. The number of aromatic nitrogens is 4. The zero-order valence-electron chi connectivity index (χ0n) is 83.8. The van der Waals surface area contributed by atoms with Gasteiger partial charge < -0.3 is 119 Å². The first-order valence-electron chi connectivity index (χ1n) is 47.3. The van der Waals surface area contributed by atoms with Gasteiger partial charge in [0.1, 0.15) is 36.5 Å². The van der Waals surface area contributed by atoms with Crippen LogP contribution in [0.3, 0.4) is 0 Å². The number of phosphoric acid groups is 1. The number of nitrogens with zero attached hydrogens (tertiary/aromatic N) is 12. The predicted octanol–water partition coefficient (Wildman–Crippen LogP) is 13.6. The summed E-state index contributed by atoms with van der Waals surface area (Å²) in [7, 11) is -5.91. The third kappa shape index (κ3) is 57.7. The first-order valence-corrected chi connectivity index (χ1v) is 51.6. The number of likely N-dealkylation sites (tertiary alicyclic amines) is 2. The molecule has 6 rings (SSSR count). The number of carbonyl (C=O) groups excluding carboxylic acids is 2. The van der Waals surface area contributed by atoms with Crippen molar-refractivity contribution in [2.24, 2.45) is 29.6 Å². The smallest absolute Gasteiger partial charge is 0.460 e. The van der Waals surface area contributed by atoms with Crippen LogP contribution >= 0.6 is 24.6 Å². The molecule has 2 amide bonds. The van der Waals surface area contributed by atoms with Gasteiger partial charge in [0.05, 0.1) is 157 Å². The van der Waals surface area contributed by atoms with Crippen LogP contribution in [0.1, 0.15) is 206 Å². The van der Waals surface area contributed by atoms with Gasteiger partial charge in [-0.15, -0.1) is 0 Å². The minimum absolute atomic E-state index is 0. The summed E-state index contributed by atoms with van der Waals surface area (Å²) < 4.78 is 104. The Balaban J connectivity index is 0.00000170. The van der Waals surface area contributed by atoms with E-state index < -0.39 is 24.6 Å². The molecule has 40 heteroatoms. The number of piperidine rings is 2. The fourth-order valence-corrected chi connectivity index (χ4v) is 17.4. The Morgan fingerprint density at radius 1 is 0.466 bits per heavy atom. The standard InChI is InChI=1S/C30H54N5O9P.C19H31N5O3.C15H32N3OP.C15H30NO5P.C11H24O4.CH3.U/c1-5-7-24(4)44-30-32-28(31)26-20-27(36)35(29(26)33-30)21-25-8-10-34(11-9-25)12-13-42-45(37,38)43-19-18-40-15-14-39-16-17-41-22-23(3)6-2;1-3-4-13(2)27-19-21-17(20)15-11-16(26)24(18(15)22-19)12-14-5-7-23(8-6-14)9-10-25;1-12(2)17(13(3)4)20(19-11-10-16-9)18(14(5)6)15(7)8;1-5-15(2)14-19-11-10-17-8-9-18-12-13-21-22(4)20-7-6-16-3;1-3-11(2)10-15-9-8-14-7-6-13-5-4-12;;/h23-25H,5-22H2,1-4H3,(H,37,38)(H2,31,32,33);13-14,25H,3-12H2,1-2H3,(H2,20,21,22);12-15H,10-11H2,1-8H3;15H,5-14H2,1-2,4H3;11-12H,3-10H2,1-2H3;1H3;/q;;;;;-1;/t23-,24+;13-;;15-,22?;11-;;/m10.11../s1. The summed E-state index contributed by atoms with van der Waals surface area (Å²) in [5.41, 5.74) is 13.6. The number of aliphatic hydroxyl groups is 2. The van der Waals surface area contributed by atoms with Gasteiger partial charge in [-0.05, 0) is 164 Å². The van der Waals surface area contributed by atoms with Crippen molar-refractivity contribution in [3.63, 3.8) is 0 Å². The maximum atomic E-state index is 12.9. The van der Waals surface area contributed by atoms with E-state index in [1.54, 1.807) is 9.80 Å². The summed E-state index contributed by atoms with van der Waals surface area (Å²) in [5.74, 6) is 4.29.